The van der Waals surface area contributed by atoms with Gasteiger partial charge < -0.3 is 9.64 Å². The summed E-state index contributed by atoms with van der Waals surface area (Å²) in [5, 5.41) is 5.63. The van der Waals surface area contributed by atoms with E-state index in [9.17, 15) is 26.4 Å². The van der Waals surface area contributed by atoms with Gasteiger partial charge in [-0.3, -0.25) is 4.90 Å². The molecule has 12 heteroatoms. The van der Waals surface area contributed by atoms with Crippen LogP contribution < -0.4 is 14.8 Å². The summed E-state index contributed by atoms with van der Waals surface area (Å²) in [5.41, 5.74) is -0.177. The van der Waals surface area contributed by atoms with E-state index in [1.807, 2.05) is 0 Å². The molecule has 0 aromatic heterocycles. The fraction of sp³-hybridized carbons (Fsp3) is 0.208. The number of amides is 2. The van der Waals surface area contributed by atoms with Gasteiger partial charge in [-0.2, -0.15) is 13.2 Å². The molecule has 3 aromatic rings. The van der Waals surface area contributed by atoms with Gasteiger partial charge in [-0.05, 0) is 66.2 Å². The molecule has 0 radical (unpaired) electrons. The summed E-state index contributed by atoms with van der Waals surface area (Å²) in [5.74, 6) is 0.533. The second-order valence-corrected chi connectivity index (χ2v) is 10.3. The Morgan fingerprint density at radius 1 is 1.00 bits per heavy atom. The maximum absolute atomic E-state index is 13.3. The van der Waals surface area contributed by atoms with Crippen molar-refractivity contribution >= 4 is 33.3 Å². The summed E-state index contributed by atoms with van der Waals surface area (Å²) in [7, 11) is -3.85. The van der Waals surface area contributed by atoms with Gasteiger partial charge in [-0.1, -0.05) is 23.7 Å². The highest BCUT2D eigenvalue weighted by molar-refractivity contribution is 7.89. The number of ether oxygens (including phenoxy) is 1. The highest BCUT2D eigenvalue weighted by atomic mass is 35.5. The largest absolute Gasteiger partial charge is 0.457 e. The standard InChI is InChI=1S/C24H21ClF3N3O4S/c25-18-4-8-20(9-5-18)35-21-10-6-19(7-11-21)31-22(15-30(23(31)32)12-13-36(29,33)34)16-2-1-3-17(14-16)24(26,27)28/h1-11,14,22H,12-13,15H2,(H2,29,33,34)/t22-/m1/s1. The van der Waals surface area contributed by atoms with Crippen LogP contribution >= 0.6 is 11.6 Å². The van der Waals surface area contributed by atoms with Crippen LogP contribution in [-0.4, -0.2) is 38.2 Å². The van der Waals surface area contributed by atoms with E-state index in [1.165, 1.54) is 21.9 Å². The molecule has 1 aliphatic rings. The molecule has 0 aliphatic carbocycles. The lowest BCUT2D eigenvalue weighted by Gasteiger charge is -2.24. The molecular formula is C24H21ClF3N3O4S. The zero-order chi connectivity index (χ0) is 26.1. The molecular weight excluding hydrogens is 519 g/mol. The smallest absolute Gasteiger partial charge is 0.416 e. The third-order valence-corrected chi connectivity index (χ3v) is 6.59. The van der Waals surface area contributed by atoms with E-state index in [1.54, 1.807) is 48.5 Å². The first-order valence-corrected chi connectivity index (χ1v) is 12.8. The molecule has 0 spiro atoms. The minimum atomic E-state index is -4.56. The summed E-state index contributed by atoms with van der Waals surface area (Å²) in [6.07, 6.45) is -4.56. The lowest BCUT2D eigenvalue weighted by atomic mass is 10.0. The van der Waals surface area contributed by atoms with Crippen molar-refractivity contribution in [2.24, 2.45) is 5.14 Å². The molecule has 36 heavy (non-hydrogen) atoms. The van der Waals surface area contributed by atoms with E-state index < -0.39 is 39.6 Å². The fourth-order valence-corrected chi connectivity index (χ4v) is 4.46. The Hall–Kier alpha value is -3.28. The maximum atomic E-state index is 13.3. The first-order valence-electron chi connectivity index (χ1n) is 10.7. The molecule has 0 bridgehead atoms. The van der Waals surface area contributed by atoms with E-state index in [0.717, 1.165) is 12.1 Å². The third-order valence-electron chi connectivity index (χ3n) is 5.59. The highest BCUT2D eigenvalue weighted by Crippen LogP contribution is 2.38. The molecule has 1 aliphatic heterocycles. The number of anilines is 1. The van der Waals surface area contributed by atoms with Crippen molar-refractivity contribution in [3.63, 3.8) is 0 Å². The van der Waals surface area contributed by atoms with Gasteiger partial charge in [0.15, 0.2) is 0 Å². The van der Waals surface area contributed by atoms with Gasteiger partial charge in [-0.15, -0.1) is 0 Å². The van der Waals surface area contributed by atoms with Crippen LogP contribution in [0.2, 0.25) is 5.02 Å². The Balaban J connectivity index is 1.64. The van der Waals surface area contributed by atoms with Crippen molar-refractivity contribution in [2.75, 3.05) is 23.7 Å². The van der Waals surface area contributed by atoms with Crippen LogP contribution in [0.3, 0.4) is 0 Å². The molecule has 4 rings (SSSR count). The maximum Gasteiger partial charge on any atom is 0.416 e. The number of carbonyl (C=O) groups is 1. The van der Waals surface area contributed by atoms with E-state index in [4.69, 9.17) is 21.5 Å². The van der Waals surface area contributed by atoms with Gasteiger partial charge in [0, 0.05) is 23.8 Å². The lowest BCUT2D eigenvalue weighted by molar-refractivity contribution is -0.137. The van der Waals surface area contributed by atoms with Crippen molar-refractivity contribution in [3.8, 4) is 11.5 Å². The van der Waals surface area contributed by atoms with Crippen LogP contribution in [0, 0.1) is 0 Å². The van der Waals surface area contributed by atoms with Crippen LogP contribution in [0.15, 0.2) is 72.8 Å². The van der Waals surface area contributed by atoms with Gasteiger partial charge >= 0.3 is 12.2 Å². The molecule has 1 heterocycles. The van der Waals surface area contributed by atoms with Gasteiger partial charge in [-0.25, -0.2) is 18.4 Å². The number of carbonyl (C=O) groups excluding carboxylic acids is 1. The van der Waals surface area contributed by atoms with Crippen LogP contribution in [0.5, 0.6) is 11.5 Å². The molecule has 3 aromatic carbocycles. The molecule has 190 valence electrons. The second kappa shape index (κ2) is 10.00. The number of sulfonamides is 1. The van der Waals surface area contributed by atoms with E-state index in [-0.39, 0.29) is 18.7 Å². The number of urea groups is 1. The number of alkyl halides is 3. The van der Waals surface area contributed by atoms with Crippen molar-refractivity contribution < 1.29 is 31.1 Å². The molecule has 7 nitrogen and oxygen atoms in total. The average molecular weight is 540 g/mol. The van der Waals surface area contributed by atoms with E-state index in [0.29, 0.717) is 22.2 Å². The first kappa shape index (κ1) is 25.8. The van der Waals surface area contributed by atoms with Crippen molar-refractivity contribution in [3.05, 3.63) is 88.9 Å². The molecule has 1 atom stereocenters. The SMILES string of the molecule is NS(=O)(=O)CCN1C[C@H](c2cccc(C(F)(F)F)c2)N(c2ccc(Oc3ccc(Cl)cc3)cc2)C1=O. The van der Waals surface area contributed by atoms with Crippen LogP contribution in [-0.2, 0) is 16.2 Å². The monoisotopic (exact) mass is 539 g/mol. The van der Waals surface area contributed by atoms with Crippen LogP contribution in [0.1, 0.15) is 17.2 Å². The minimum absolute atomic E-state index is 0.0152. The Morgan fingerprint density at radius 2 is 1.61 bits per heavy atom. The summed E-state index contributed by atoms with van der Waals surface area (Å²) in [6, 6.07) is 16.5. The summed E-state index contributed by atoms with van der Waals surface area (Å²) < 4.78 is 68.6. The van der Waals surface area contributed by atoms with Crippen molar-refractivity contribution in [1.29, 1.82) is 0 Å². The van der Waals surface area contributed by atoms with Gasteiger partial charge in [0.05, 0.1) is 17.4 Å². The van der Waals surface area contributed by atoms with Gasteiger partial charge in [0.25, 0.3) is 0 Å². The van der Waals surface area contributed by atoms with Crippen LogP contribution in [0.25, 0.3) is 0 Å². The zero-order valence-electron chi connectivity index (χ0n) is 18.7. The number of primary sulfonamides is 1. The number of hydrogen-bond donors (Lipinski definition) is 1. The number of rotatable bonds is 7. The predicted molar refractivity (Wildman–Crippen MR) is 130 cm³/mol. The van der Waals surface area contributed by atoms with Gasteiger partial charge in [0.1, 0.15) is 11.5 Å². The molecule has 0 saturated carbocycles. The topological polar surface area (TPSA) is 92.9 Å². The number of hydrogen-bond acceptors (Lipinski definition) is 4. The highest BCUT2D eigenvalue weighted by Gasteiger charge is 2.40. The fourth-order valence-electron chi connectivity index (χ4n) is 3.86. The first-order chi connectivity index (χ1) is 16.9. The van der Waals surface area contributed by atoms with E-state index in [2.05, 4.69) is 0 Å². The third kappa shape index (κ3) is 6.10. The average Bonchev–Trinajstić information content (AvgIpc) is 3.15. The Kier molecular flexibility index (Phi) is 7.17. The summed E-state index contributed by atoms with van der Waals surface area (Å²) in [6.45, 7) is -0.208. The molecule has 2 N–H and O–H groups in total. The predicted octanol–water partition coefficient (Wildman–Crippen LogP) is 5.42. The van der Waals surface area contributed by atoms with Crippen LogP contribution in [0.4, 0.5) is 23.7 Å². The zero-order valence-corrected chi connectivity index (χ0v) is 20.2. The van der Waals surface area contributed by atoms with Crippen molar-refractivity contribution in [1.82, 2.24) is 4.90 Å². The van der Waals surface area contributed by atoms with E-state index >= 15 is 0 Å². The van der Waals surface area contributed by atoms with Crippen molar-refractivity contribution in [2.45, 2.75) is 12.2 Å². The molecule has 1 saturated heterocycles. The Morgan fingerprint density at radius 3 is 2.19 bits per heavy atom. The summed E-state index contributed by atoms with van der Waals surface area (Å²) >= 11 is 5.88. The van der Waals surface area contributed by atoms with Gasteiger partial charge in [0.2, 0.25) is 10.0 Å². The lowest BCUT2D eigenvalue weighted by Crippen LogP contribution is -2.36. The Bertz CT molecular complexity index is 1350. The minimum Gasteiger partial charge on any atom is -0.457 e. The Labute approximate surface area is 210 Å². The number of benzene rings is 3. The quantitative estimate of drug-likeness (QED) is 0.434. The molecule has 1 fully saturated rings. The second-order valence-electron chi connectivity index (χ2n) is 8.15. The number of nitrogens with two attached hydrogens (primary N) is 1. The number of halogens is 4. The normalized spacial score (nSPS) is 16.5. The number of nitrogens with zero attached hydrogens (tertiary/aromatic N) is 2. The summed E-state index contributed by atoms with van der Waals surface area (Å²) in [4.78, 5) is 15.8. The molecule has 2 amide bonds. The molecule has 0 unspecified atom stereocenters.